The molecule has 0 spiro atoms. The van der Waals surface area contributed by atoms with Crippen LogP contribution in [0.3, 0.4) is 0 Å². The molecule has 0 saturated heterocycles. The van der Waals surface area contributed by atoms with Gasteiger partial charge in [-0.3, -0.25) is 0 Å². The van der Waals surface area contributed by atoms with Crippen molar-refractivity contribution in [1.29, 1.82) is 0 Å². The molecule has 1 atom stereocenters. The van der Waals surface area contributed by atoms with Crippen LogP contribution in [0, 0.1) is 5.92 Å². The summed E-state index contributed by atoms with van der Waals surface area (Å²) in [4.78, 5) is 0. The van der Waals surface area contributed by atoms with E-state index in [9.17, 15) is 0 Å². The van der Waals surface area contributed by atoms with E-state index in [1.165, 1.54) is 25.7 Å². The fourth-order valence-corrected chi connectivity index (χ4v) is 3.16. The van der Waals surface area contributed by atoms with Gasteiger partial charge in [0.05, 0.1) is 0 Å². The van der Waals surface area contributed by atoms with Gasteiger partial charge in [-0.15, -0.1) is 0 Å². The van der Waals surface area contributed by atoms with Crippen LogP contribution in [0.25, 0.3) is 0 Å². The molecule has 0 aliphatic heterocycles. The van der Waals surface area contributed by atoms with Crippen LogP contribution >= 0.6 is 8.51 Å². The van der Waals surface area contributed by atoms with Crippen LogP contribution in [0.15, 0.2) is 23.3 Å². The van der Waals surface area contributed by atoms with Crippen LogP contribution in [-0.2, 0) is 25.3 Å². The molecule has 3 heteroatoms. The summed E-state index contributed by atoms with van der Waals surface area (Å²) >= 11 is -0.975. The first-order valence-electron chi connectivity index (χ1n) is 4.79. The predicted molar refractivity (Wildman–Crippen MR) is 49.9 cm³/mol. The first-order valence-corrected chi connectivity index (χ1v) is 8.96. The van der Waals surface area contributed by atoms with Crippen LogP contribution in [0.1, 0.15) is 25.7 Å². The maximum atomic E-state index is 5.66. The SMILES string of the molecule is [Cl][Zr][O]CC1C=CC2=C1CCCC2. The van der Waals surface area contributed by atoms with Crippen molar-refractivity contribution in [3.63, 3.8) is 0 Å². The Labute approximate surface area is 94.9 Å². The van der Waals surface area contributed by atoms with Crippen molar-refractivity contribution in [2.45, 2.75) is 25.7 Å². The molecule has 0 N–H and O–H groups in total. The summed E-state index contributed by atoms with van der Waals surface area (Å²) in [5.74, 6) is 0.565. The van der Waals surface area contributed by atoms with Gasteiger partial charge in [-0.05, 0) is 0 Å². The quantitative estimate of drug-likeness (QED) is 0.769. The Kier molecular flexibility index (Phi) is 3.83. The molecule has 0 fully saturated rings. The molecule has 0 aromatic carbocycles. The molecule has 1 unspecified atom stereocenters. The fraction of sp³-hybridized carbons (Fsp3) is 0.600. The van der Waals surface area contributed by atoms with E-state index >= 15 is 0 Å². The molecular formula is C10H13ClOZr. The predicted octanol–water partition coefficient (Wildman–Crippen LogP) is 3.21. The summed E-state index contributed by atoms with van der Waals surface area (Å²) in [6, 6.07) is 0. The van der Waals surface area contributed by atoms with Crippen LogP contribution in [0.2, 0.25) is 0 Å². The molecule has 2 aliphatic rings. The zero-order chi connectivity index (χ0) is 9.10. The zero-order valence-electron chi connectivity index (χ0n) is 7.55. The van der Waals surface area contributed by atoms with E-state index in [0.717, 1.165) is 6.61 Å². The van der Waals surface area contributed by atoms with E-state index in [2.05, 4.69) is 12.2 Å². The van der Waals surface area contributed by atoms with Crippen molar-refractivity contribution in [2.24, 2.45) is 5.92 Å². The van der Waals surface area contributed by atoms with Gasteiger partial charge >= 0.3 is 95.3 Å². The average Bonchev–Trinajstić information content (AvgIpc) is 2.58. The Bertz CT molecular complexity index is 247. The van der Waals surface area contributed by atoms with E-state index in [0.29, 0.717) is 5.92 Å². The second-order valence-corrected chi connectivity index (χ2v) is 5.61. The fourth-order valence-electron chi connectivity index (χ4n) is 2.19. The van der Waals surface area contributed by atoms with E-state index in [1.807, 2.05) is 0 Å². The summed E-state index contributed by atoms with van der Waals surface area (Å²) in [7, 11) is 5.66. The third-order valence-electron chi connectivity index (χ3n) is 2.85. The van der Waals surface area contributed by atoms with Crippen LogP contribution in [0.5, 0.6) is 0 Å². The van der Waals surface area contributed by atoms with Crippen molar-refractivity contribution < 1.29 is 25.3 Å². The third-order valence-corrected chi connectivity index (χ3v) is 4.17. The Morgan fingerprint density at radius 2 is 2.31 bits per heavy atom. The first kappa shape index (κ1) is 10.1. The molecule has 0 radical (unpaired) electrons. The molecule has 0 aromatic heterocycles. The van der Waals surface area contributed by atoms with Crippen molar-refractivity contribution >= 4 is 8.51 Å². The normalized spacial score (nSPS) is 26.4. The minimum atomic E-state index is -0.975. The summed E-state index contributed by atoms with van der Waals surface area (Å²) in [6.45, 7) is 0.838. The molecule has 0 heterocycles. The molecule has 13 heavy (non-hydrogen) atoms. The molecular weight excluding hydrogens is 263 g/mol. The first-order chi connectivity index (χ1) is 6.42. The Balaban J connectivity index is 1.99. The van der Waals surface area contributed by atoms with Gasteiger partial charge in [0.25, 0.3) is 0 Å². The molecule has 70 valence electrons. The average molecular weight is 276 g/mol. The third kappa shape index (κ3) is 2.35. The van der Waals surface area contributed by atoms with Gasteiger partial charge in [0.15, 0.2) is 0 Å². The van der Waals surface area contributed by atoms with E-state index in [1.54, 1.807) is 11.1 Å². The van der Waals surface area contributed by atoms with Crippen LogP contribution in [0.4, 0.5) is 0 Å². The monoisotopic (exact) mass is 274 g/mol. The number of allylic oxidation sites excluding steroid dienone is 2. The zero-order valence-corrected chi connectivity index (χ0v) is 10.8. The molecule has 2 aliphatic carbocycles. The number of hydrogen-bond acceptors (Lipinski definition) is 1. The molecule has 0 amide bonds. The van der Waals surface area contributed by atoms with E-state index in [4.69, 9.17) is 11.3 Å². The minimum absolute atomic E-state index is 0.565. The molecule has 0 aromatic rings. The topological polar surface area (TPSA) is 9.23 Å². The summed E-state index contributed by atoms with van der Waals surface area (Å²) in [5, 5.41) is 0. The molecule has 0 bridgehead atoms. The van der Waals surface area contributed by atoms with E-state index < -0.39 is 22.5 Å². The van der Waals surface area contributed by atoms with Gasteiger partial charge in [0, 0.05) is 0 Å². The Morgan fingerprint density at radius 3 is 3.15 bits per heavy atom. The van der Waals surface area contributed by atoms with Crippen molar-refractivity contribution in [3.8, 4) is 0 Å². The second-order valence-electron chi connectivity index (χ2n) is 3.61. The van der Waals surface area contributed by atoms with Crippen molar-refractivity contribution in [1.82, 2.24) is 0 Å². The van der Waals surface area contributed by atoms with Crippen molar-refractivity contribution in [2.75, 3.05) is 6.61 Å². The maximum absolute atomic E-state index is 5.66. The van der Waals surface area contributed by atoms with Crippen LogP contribution < -0.4 is 0 Å². The van der Waals surface area contributed by atoms with Gasteiger partial charge in [0.2, 0.25) is 0 Å². The number of halogens is 1. The Hall–Kier alpha value is 0.613. The van der Waals surface area contributed by atoms with Gasteiger partial charge in [0.1, 0.15) is 0 Å². The molecule has 2 rings (SSSR count). The summed E-state index contributed by atoms with van der Waals surface area (Å²) < 4.78 is 5.42. The number of rotatable bonds is 3. The van der Waals surface area contributed by atoms with Crippen molar-refractivity contribution in [3.05, 3.63) is 23.3 Å². The molecule has 0 saturated carbocycles. The van der Waals surface area contributed by atoms with E-state index in [-0.39, 0.29) is 0 Å². The van der Waals surface area contributed by atoms with Gasteiger partial charge in [-0.25, -0.2) is 0 Å². The number of hydrogen-bond donors (Lipinski definition) is 0. The van der Waals surface area contributed by atoms with Crippen LogP contribution in [-0.4, -0.2) is 6.61 Å². The van der Waals surface area contributed by atoms with Gasteiger partial charge in [-0.1, -0.05) is 0 Å². The van der Waals surface area contributed by atoms with Gasteiger partial charge < -0.3 is 0 Å². The molecule has 1 nitrogen and oxygen atoms in total. The Morgan fingerprint density at radius 1 is 1.46 bits per heavy atom. The van der Waals surface area contributed by atoms with Gasteiger partial charge in [-0.2, -0.15) is 0 Å². The summed E-state index contributed by atoms with van der Waals surface area (Å²) in [5.41, 5.74) is 3.22. The standard InChI is InChI=1S/C10H13O.ClH.Zr/c11-7-9-6-5-8-3-1-2-4-10(8)9;;/h5-6,9H,1-4,7H2;1H;/q-1;;+2/p-1. The summed E-state index contributed by atoms with van der Waals surface area (Å²) in [6.07, 6.45) is 9.87. The second kappa shape index (κ2) is 4.91.